The van der Waals surface area contributed by atoms with Crippen LogP contribution in [0.5, 0.6) is 0 Å². The van der Waals surface area contributed by atoms with Crippen molar-refractivity contribution >= 4 is 21.9 Å². The Morgan fingerprint density at radius 3 is 2.29 bits per heavy atom. The van der Waals surface area contributed by atoms with Crippen molar-refractivity contribution in [1.82, 2.24) is 18.9 Å². The van der Waals surface area contributed by atoms with Gasteiger partial charge in [-0.2, -0.15) is 17.0 Å². The molecule has 166 valence electrons. The first kappa shape index (κ1) is 21.7. The number of piperidine rings is 1. The summed E-state index contributed by atoms with van der Waals surface area (Å²) >= 11 is 0. The Bertz CT molecular complexity index is 1010. The average molecular weight is 444 g/mol. The maximum atomic E-state index is 12.7. The zero-order valence-corrected chi connectivity index (χ0v) is 18.4. The minimum Gasteiger partial charge on any atom is -0.383 e. The van der Waals surface area contributed by atoms with Gasteiger partial charge in [0.25, 0.3) is 16.1 Å². The molecule has 0 saturated carbocycles. The second kappa shape index (κ2) is 9.33. The highest BCUT2D eigenvalue weighted by Crippen LogP contribution is 2.30. The predicted molar refractivity (Wildman–Crippen MR) is 120 cm³/mol. The Balaban J connectivity index is 1.35. The fraction of sp³-hybridized carbons (Fsp3) is 0.455. The summed E-state index contributed by atoms with van der Waals surface area (Å²) in [6.07, 6.45) is 3.26. The van der Waals surface area contributed by atoms with Crippen LogP contribution >= 0.6 is 0 Å². The normalized spacial score (nSPS) is 18.8. The van der Waals surface area contributed by atoms with Crippen LogP contribution < -0.4 is 11.1 Å². The standard InChI is InChI=1S/C22H29N5O3S/c23-21-19(22(28)24-16-17-6-2-1-3-7-17)8-9-20(25-21)18-10-14-27(15-11-18)31(29,30)26-12-4-5-13-26/h1-3,6-9,18H,4-5,10-16H2,(H2,23,25)(H,24,28). The largest absolute Gasteiger partial charge is 0.383 e. The number of nitrogens with zero attached hydrogens (tertiary/aromatic N) is 3. The molecule has 8 nitrogen and oxygen atoms in total. The molecule has 4 rings (SSSR count). The topological polar surface area (TPSA) is 109 Å². The number of hydrogen-bond donors (Lipinski definition) is 2. The highest BCUT2D eigenvalue weighted by Gasteiger charge is 2.34. The van der Waals surface area contributed by atoms with Crippen molar-refractivity contribution in [3.63, 3.8) is 0 Å². The molecule has 2 aliphatic heterocycles. The number of benzene rings is 1. The van der Waals surface area contributed by atoms with Crippen LogP contribution in [0.15, 0.2) is 42.5 Å². The molecule has 2 saturated heterocycles. The summed E-state index contributed by atoms with van der Waals surface area (Å²) in [5, 5.41) is 2.87. The van der Waals surface area contributed by atoms with Gasteiger partial charge in [0.2, 0.25) is 0 Å². The van der Waals surface area contributed by atoms with Gasteiger partial charge in [0, 0.05) is 44.3 Å². The Morgan fingerprint density at radius 1 is 1.00 bits per heavy atom. The van der Waals surface area contributed by atoms with E-state index in [2.05, 4.69) is 10.3 Å². The van der Waals surface area contributed by atoms with E-state index in [1.807, 2.05) is 36.4 Å². The number of carbonyl (C=O) groups excluding carboxylic acids is 1. The second-order valence-corrected chi connectivity index (χ2v) is 10.1. The maximum absolute atomic E-state index is 12.7. The Morgan fingerprint density at radius 2 is 1.65 bits per heavy atom. The predicted octanol–water partition coefficient (Wildman–Crippen LogP) is 2.11. The van der Waals surface area contributed by atoms with Crippen LogP contribution in [0.25, 0.3) is 0 Å². The third kappa shape index (κ3) is 4.89. The fourth-order valence-electron chi connectivity index (χ4n) is 4.25. The summed E-state index contributed by atoms with van der Waals surface area (Å²) in [6.45, 7) is 2.61. The number of nitrogen functional groups attached to an aromatic ring is 1. The van der Waals surface area contributed by atoms with Gasteiger partial charge in [0.05, 0.1) is 5.56 Å². The summed E-state index contributed by atoms with van der Waals surface area (Å²) < 4.78 is 28.7. The molecule has 3 N–H and O–H groups in total. The van der Waals surface area contributed by atoms with E-state index >= 15 is 0 Å². The van der Waals surface area contributed by atoms with Crippen molar-refractivity contribution in [2.45, 2.75) is 38.1 Å². The van der Waals surface area contributed by atoms with E-state index in [1.165, 1.54) is 0 Å². The van der Waals surface area contributed by atoms with Crippen LogP contribution in [-0.2, 0) is 16.8 Å². The van der Waals surface area contributed by atoms with E-state index in [-0.39, 0.29) is 17.6 Å². The van der Waals surface area contributed by atoms with Gasteiger partial charge < -0.3 is 11.1 Å². The molecule has 0 spiro atoms. The summed E-state index contributed by atoms with van der Waals surface area (Å²) in [4.78, 5) is 17.0. The summed E-state index contributed by atoms with van der Waals surface area (Å²) in [5.74, 6) is 0.0795. The van der Waals surface area contributed by atoms with Gasteiger partial charge in [-0.1, -0.05) is 30.3 Å². The van der Waals surface area contributed by atoms with E-state index in [0.29, 0.717) is 51.1 Å². The van der Waals surface area contributed by atoms with Crippen LogP contribution in [0.4, 0.5) is 5.82 Å². The van der Waals surface area contributed by atoms with Gasteiger partial charge in [-0.15, -0.1) is 0 Å². The number of aromatic nitrogens is 1. The molecule has 0 bridgehead atoms. The SMILES string of the molecule is Nc1nc(C2CCN(S(=O)(=O)N3CCCC3)CC2)ccc1C(=O)NCc1ccccc1. The minimum atomic E-state index is -3.35. The third-order valence-corrected chi connectivity index (χ3v) is 8.11. The highest BCUT2D eigenvalue weighted by molar-refractivity contribution is 7.86. The fourth-order valence-corrected chi connectivity index (χ4v) is 5.97. The lowest BCUT2D eigenvalue weighted by Gasteiger charge is -2.33. The molecule has 1 amide bonds. The molecule has 3 heterocycles. The second-order valence-electron chi connectivity index (χ2n) is 8.12. The van der Waals surface area contributed by atoms with E-state index in [0.717, 1.165) is 24.1 Å². The van der Waals surface area contributed by atoms with Gasteiger partial charge in [0.1, 0.15) is 5.82 Å². The first-order chi connectivity index (χ1) is 14.9. The van der Waals surface area contributed by atoms with Crippen molar-refractivity contribution in [2.24, 2.45) is 0 Å². The lowest BCUT2D eigenvalue weighted by molar-refractivity contribution is 0.0951. The average Bonchev–Trinajstić information content (AvgIpc) is 3.34. The number of anilines is 1. The number of hydrogen-bond acceptors (Lipinski definition) is 5. The number of pyridine rings is 1. The maximum Gasteiger partial charge on any atom is 0.281 e. The van der Waals surface area contributed by atoms with Crippen molar-refractivity contribution in [3.05, 3.63) is 59.3 Å². The molecule has 1 aromatic heterocycles. The number of amides is 1. The van der Waals surface area contributed by atoms with Crippen molar-refractivity contribution < 1.29 is 13.2 Å². The van der Waals surface area contributed by atoms with Crippen LogP contribution in [-0.4, -0.2) is 54.1 Å². The Hall–Kier alpha value is -2.49. The zero-order valence-electron chi connectivity index (χ0n) is 17.5. The van der Waals surface area contributed by atoms with Gasteiger partial charge in [-0.25, -0.2) is 4.98 Å². The third-order valence-electron chi connectivity index (χ3n) is 6.08. The van der Waals surface area contributed by atoms with E-state index in [9.17, 15) is 13.2 Å². The lowest BCUT2D eigenvalue weighted by Crippen LogP contribution is -2.45. The molecule has 0 radical (unpaired) electrons. The summed E-state index contributed by atoms with van der Waals surface area (Å²) in [7, 11) is -3.35. The number of rotatable bonds is 6. The smallest absolute Gasteiger partial charge is 0.281 e. The monoisotopic (exact) mass is 443 g/mol. The van der Waals surface area contributed by atoms with Crippen molar-refractivity contribution in [3.8, 4) is 0 Å². The van der Waals surface area contributed by atoms with E-state index < -0.39 is 10.2 Å². The molecular formula is C22H29N5O3S. The first-order valence-electron chi connectivity index (χ1n) is 10.8. The molecule has 9 heteroatoms. The first-order valence-corrected chi connectivity index (χ1v) is 12.2. The van der Waals surface area contributed by atoms with Gasteiger partial charge in [-0.05, 0) is 43.4 Å². The number of nitrogens with two attached hydrogens (primary N) is 1. The molecule has 0 unspecified atom stereocenters. The zero-order chi connectivity index (χ0) is 21.8. The molecule has 0 atom stereocenters. The molecular weight excluding hydrogens is 414 g/mol. The van der Waals surface area contributed by atoms with Crippen molar-refractivity contribution in [1.29, 1.82) is 0 Å². The molecule has 1 aromatic carbocycles. The molecule has 2 aromatic rings. The van der Waals surface area contributed by atoms with Crippen molar-refractivity contribution in [2.75, 3.05) is 31.9 Å². The number of carbonyl (C=O) groups is 1. The molecule has 2 fully saturated rings. The number of nitrogens with one attached hydrogen (secondary N) is 1. The molecule has 2 aliphatic rings. The minimum absolute atomic E-state index is 0.133. The van der Waals surface area contributed by atoms with Crippen LogP contribution in [0.3, 0.4) is 0 Å². The Labute approximate surface area is 183 Å². The van der Waals surface area contributed by atoms with Crippen LogP contribution in [0.2, 0.25) is 0 Å². The van der Waals surface area contributed by atoms with Crippen LogP contribution in [0.1, 0.15) is 53.2 Å². The molecule has 31 heavy (non-hydrogen) atoms. The quantitative estimate of drug-likeness (QED) is 0.711. The van der Waals surface area contributed by atoms with E-state index in [1.54, 1.807) is 14.7 Å². The summed E-state index contributed by atoms with van der Waals surface area (Å²) in [5.41, 5.74) is 8.27. The van der Waals surface area contributed by atoms with Gasteiger partial charge in [0.15, 0.2) is 0 Å². The van der Waals surface area contributed by atoms with Gasteiger partial charge in [-0.3, -0.25) is 4.79 Å². The van der Waals surface area contributed by atoms with E-state index in [4.69, 9.17) is 5.73 Å². The summed E-state index contributed by atoms with van der Waals surface area (Å²) in [6, 6.07) is 13.2. The Kier molecular flexibility index (Phi) is 6.54. The van der Waals surface area contributed by atoms with Crippen LogP contribution in [0, 0.1) is 0 Å². The molecule has 0 aliphatic carbocycles. The lowest BCUT2D eigenvalue weighted by atomic mass is 9.93. The van der Waals surface area contributed by atoms with Gasteiger partial charge >= 0.3 is 0 Å². The highest BCUT2D eigenvalue weighted by atomic mass is 32.2.